The fraction of sp³-hybridized carbons (Fsp3) is 0.333. The number of hydrogen-bond donors (Lipinski definition) is 1. The molecule has 1 saturated heterocycles. The minimum absolute atomic E-state index is 0.0583. The first kappa shape index (κ1) is 19.6. The lowest BCUT2D eigenvalue weighted by Crippen LogP contribution is -2.37. The monoisotopic (exact) mass is 408 g/mol. The van der Waals surface area contributed by atoms with Gasteiger partial charge in [-0.2, -0.15) is 0 Å². The number of carbonyl (C=O) groups is 1. The highest BCUT2D eigenvalue weighted by Gasteiger charge is 2.25. The number of piperidine rings is 1. The molecular weight excluding hydrogens is 384 g/mol. The van der Waals surface area contributed by atoms with E-state index >= 15 is 0 Å². The van der Waals surface area contributed by atoms with Gasteiger partial charge in [0.2, 0.25) is 5.91 Å². The van der Waals surface area contributed by atoms with Gasteiger partial charge in [-0.15, -0.1) is 16.9 Å². The van der Waals surface area contributed by atoms with Crippen molar-refractivity contribution in [3.63, 3.8) is 0 Å². The van der Waals surface area contributed by atoms with Gasteiger partial charge in [-0.25, -0.2) is 4.68 Å². The summed E-state index contributed by atoms with van der Waals surface area (Å²) in [5, 5.41) is 14.2. The molecule has 0 aliphatic carbocycles. The van der Waals surface area contributed by atoms with E-state index in [9.17, 15) is 4.79 Å². The molecule has 150 valence electrons. The third-order valence-electron chi connectivity index (χ3n) is 5.25. The van der Waals surface area contributed by atoms with Gasteiger partial charge in [0, 0.05) is 23.0 Å². The molecule has 1 fully saturated rings. The second-order valence-corrected chi connectivity index (χ2v) is 8.07. The van der Waals surface area contributed by atoms with Gasteiger partial charge in [0.05, 0.1) is 5.69 Å². The van der Waals surface area contributed by atoms with Gasteiger partial charge in [-0.3, -0.25) is 9.69 Å². The minimum atomic E-state index is 0.0583. The van der Waals surface area contributed by atoms with Crippen LogP contribution < -0.4 is 5.32 Å². The van der Waals surface area contributed by atoms with E-state index in [0.29, 0.717) is 0 Å². The Morgan fingerprint density at radius 1 is 1.17 bits per heavy atom. The van der Waals surface area contributed by atoms with Gasteiger partial charge in [0.15, 0.2) is 0 Å². The largest absolute Gasteiger partial charge is 0.326 e. The van der Waals surface area contributed by atoms with Crippen LogP contribution >= 0.6 is 11.8 Å². The zero-order valence-corrected chi connectivity index (χ0v) is 17.2. The van der Waals surface area contributed by atoms with E-state index in [4.69, 9.17) is 0 Å². The molecule has 4 rings (SSSR count). The van der Waals surface area contributed by atoms with E-state index in [1.165, 1.54) is 10.5 Å². The van der Waals surface area contributed by atoms with Gasteiger partial charge < -0.3 is 5.32 Å². The van der Waals surface area contributed by atoms with Crippen molar-refractivity contribution in [3.05, 3.63) is 60.4 Å². The molecular formula is C21H24N6OS. The molecule has 29 heavy (non-hydrogen) atoms. The highest BCUT2D eigenvalue weighted by molar-refractivity contribution is 7.98. The molecule has 7 nitrogen and oxygen atoms in total. The van der Waals surface area contributed by atoms with Crippen molar-refractivity contribution in [3.8, 4) is 5.69 Å². The Bertz CT molecular complexity index is 936. The van der Waals surface area contributed by atoms with Gasteiger partial charge >= 0.3 is 0 Å². The first-order valence-electron chi connectivity index (χ1n) is 9.71. The quantitative estimate of drug-likeness (QED) is 0.631. The summed E-state index contributed by atoms with van der Waals surface area (Å²) < 4.78 is 1.58. The number of aromatic nitrogens is 4. The maximum atomic E-state index is 12.7. The molecule has 0 atom stereocenters. The summed E-state index contributed by atoms with van der Waals surface area (Å²) in [5.74, 6) is 0.159. The highest BCUT2D eigenvalue weighted by Crippen LogP contribution is 2.23. The normalized spacial score (nSPS) is 15.3. The molecule has 1 aliphatic rings. The number of benzene rings is 2. The van der Waals surface area contributed by atoms with Crippen LogP contribution in [0.25, 0.3) is 5.69 Å². The Labute approximate surface area is 174 Å². The van der Waals surface area contributed by atoms with Gasteiger partial charge in [-0.1, -0.05) is 12.1 Å². The third-order valence-corrected chi connectivity index (χ3v) is 5.97. The van der Waals surface area contributed by atoms with Crippen LogP contribution in [0.5, 0.6) is 0 Å². The van der Waals surface area contributed by atoms with Crippen LogP contribution in [0.1, 0.15) is 18.4 Å². The molecule has 8 heteroatoms. The molecule has 1 N–H and O–H groups in total. The summed E-state index contributed by atoms with van der Waals surface area (Å²) in [4.78, 5) is 16.4. The summed E-state index contributed by atoms with van der Waals surface area (Å²) in [5.41, 5.74) is 2.98. The van der Waals surface area contributed by atoms with Crippen molar-refractivity contribution in [2.75, 3.05) is 24.7 Å². The number of anilines is 1. The summed E-state index contributed by atoms with van der Waals surface area (Å²) in [6, 6.07) is 16.2. The Hall–Kier alpha value is -2.71. The molecule has 2 heterocycles. The fourth-order valence-corrected chi connectivity index (χ4v) is 4.09. The topological polar surface area (TPSA) is 75.9 Å². The van der Waals surface area contributed by atoms with E-state index in [1.807, 2.05) is 24.3 Å². The highest BCUT2D eigenvalue weighted by atomic mass is 32.2. The van der Waals surface area contributed by atoms with Crippen LogP contribution in [0.3, 0.4) is 0 Å². The van der Waals surface area contributed by atoms with Crippen molar-refractivity contribution in [2.45, 2.75) is 24.3 Å². The number of thioether (sulfide) groups is 1. The summed E-state index contributed by atoms with van der Waals surface area (Å²) in [6.07, 6.45) is 5.41. The molecule has 0 spiro atoms. The van der Waals surface area contributed by atoms with Crippen LogP contribution in [-0.2, 0) is 11.3 Å². The van der Waals surface area contributed by atoms with Crippen molar-refractivity contribution < 1.29 is 4.79 Å². The zero-order valence-electron chi connectivity index (χ0n) is 16.4. The summed E-state index contributed by atoms with van der Waals surface area (Å²) in [6.45, 7) is 2.83. The predicted octanol–water partition coefficient (Wildman–Crippen LogP) is 3.23. The number of carbonyl (C=O) groups excluding carboxylic acids is 1. The van der Waals surface area contributed by atoms with Crippen molar-refractivity contribution in [2.24, 2.45) is 5.92 Å². The average Bonchev–Trinajstić information content (AvgIpc) is 3.30. The van der Waals surface area contributed by atoms with Crippen LogP contribution in [0.2, 0.25) is 0 Å². The van der Waals surface area contributed by atoms with Crippen LogP contribution in [0.15, 0.2) is 59.8 Å². The molecule has 0 bridgehead atoms. The first-order chi connectivity index (χ1) is 14.2. The van der Waals surface area contributed by atoms with Gasteiger partial charge in [0.25, 0.3) is 0 Å². The molecule has 1 amide bonds. The second-order valence-electron chi connectivity index (χ2n) is 7.19. The van der Waals surface area contributed by atoms with Crippen molar-refractivity contribution in [1.82, 2.24) is 25.1 Å². The van der Waals surface area contributed by atoms with Crippen LogP contribution in [0, 0.1) is 5.92 Å². The maximum absolute atomic E-state index is 12.7. The van der Waals surface area contributed by atoms with Crippen molar-refractivity contribution >= 4 is 23.4 Å². The van der Waals surface area contributed by atoms with Crippen LogP contribution in [-0.4, -0.2) is 50.4 Å². The van der Waals surface area contributed by atoms with Gasteiger partial charge in [-0.05, 0) is 84.6 Å². The third kappa shape index (κ3) is 5.02. The smallest absolute Gasteiger partial charge is 0.227 e. The molecule has 3 aromatic rings. The lowest BCUT2D eigenvalue weighted by atomic mass is 9.95. The van der Waals surface area contributed by atoms with E-state index in [-0.39, 0.29) is 11.8 Å². The molecule has 0 unspecified atom stereocenters. The minimum Gasteiger partial charge on any atom is -0.326 e. The lowest BCUT2D eigenvalue weighted by molar-refractivity contribution is -0.121. The van der Waals surface area contributed by atoms with Crippen LogP contribution in [0.4, 0.5) is 5.69 Å². The average molecular weight is 409 g/mol. The zero-order chi connectivity index (χ0) is 20.1. The lowest BCUT2D eigenvalue weighted by Gasteiger charge is -2.31. The number of rotatable bonds is 6. The molecule has 1 aliphatic heterocycles. The molecule has 1 aromatic heterocycles. The second kappa shape index (κ2) is 9.19. The number of amides is 1. The molecule has 0 saturated carbocycles. The van der Waals surface area contributed by atoms with Gasteiger partial charge in [0.1, 0.15) is 6.33 Å². The van der Waals surface area contributed by atoms with E-state index in [1.54, 1.807) is 22.8 Å². The number of hydrogen-bond acceptors (Lipinski definition) is 6. The number of nitrogens with one attached hydrogen (secondary N) is 1. The Morgan fingerprint density at radius 2 is 1.97 bits per heavy atom. The number of tetrazole rings is 1. The Kier molecular flexibility index (Phi) is 6.21. The molecule has 0 radical (unpaired) electrons. The SMILES string of the molecule is CSc1cccc(CN2CCC(C(=O)Nc3ccc(-n4cnnn4)cc3)CC2)c1. The fourth-order valence-electron chi connectivity index (χ4n) is 3.60. The molecule has 2 aromatic carbocycles. The number of nitrogens with zero attached hydrogens (tertiary/aromatic N) is 5. The summed E-state index contributed by atoms with van der Waals surface area (Å²) >= 11 is 1.77. The standard InChI is InChI=1S/C21H24N6OS/c1-29-20-4-2-3-16(13-20)14-26-11-9-17(10-12-26)21(28)23-18-5-7-19(8-6-18)27-15-22-24-25-27/h2-8,13,15,17H,9-12,14H2,1H3,(H,23,28). The number of likely N-dealkylation sites (tertiary alicyclic amines) is 1. The Morgan fingerprint density at radius 3 is 2.66 bits per heavy atom. The maximum Gasteiger partial charge on any atom is 0.227 e. The van der Waals surface area contributed by atoms with Crippen molar-refractivity contribution in [1.29, 1.82) is 0 Å². The predicted molar refractivity (Wildman–Crippen MR) is 114 cm³/mol. The van der Waals surface area contributed by atoms with E-state index < -0.39 is 0 Å². The summed E-state index contributed by atoms with van der Waals surface area (Å²) in [7, 11) is 0. The van der Waals surface area contributed by atoms with E-state index in [2.05, 4.69) is 56.3 Å². The Balaban J connectivity index is 1.27. The first-order valence-corrected chi connectivity index (χ1v) is 10.9. The van der Waals surface area contributed by atoms with E-state index in [0.717, 1.165) is 43.9 Å².